The monoisotopic (exact) mass is 205 g/mol. The standard InChI is InChI=1S/C10H11N3S/c1-7-12-6-10(13-7)14-9-4-2-8(11)3-5-9/h2-6H,11H2,1H3,(H,12,13). The van der Waals surface area contributed by atoms with Gasteiger partial charge in [0.1, 0.15) is 5.82 Å². The van der Waals surface area contributed by atoms with Crippen LogP contribution in [0.3, 0.4) is 0 Å². The molecule has 14 heavy (non-hydrogen) atoms. The van der Waals surface area contributed by atoms with Gasteiger partial charge in [-0.25, -0.2) is 4.98 Å². The van der Waals surface area contributed by atoms with Crippen molar-refractivity contribution in [2.75, 3.05) is 5.73 Å². The van der Waals surface area contributed by atoms with E-state index in [0.717, 1.165) is 21.4 Å². The van der Waals surface area contributed by atoms with Gasteiger partial charge in [0, 0.05) is 10.6 Å². The van der Waals surface area contributed by atoms with Crippen molar-refractivity contribution in [3.8, 4) is 0 Å². The number of hydrogen-bond donors (Lipinski definition) is 2. The lowest BCUT2D eigenvalue weighted by molar-refractivity contribution is 1.10. The van der Waals surface area contributed by atoms with Crippen LogP contribution in [0.1, 0.15) is 5.82 Å². The third-order valence-corrected chi connectivity index (χ3v) is 2.72. The van der Waals surface area contributed by atoms with Crippen molar-refractivity contribution in [1.82, 2.24) is 9.97 Å². The van der Waals surface area contributed by atoms with Crippen LogP contribution in [0.15, 0.2) is 40.4 Å². The van der Waals surface area contributed by atoms with E-state index in [1.165, 1.54) is 0 Å². The molecule has 1 aromatic heterocycles. The first kappa shape index (κ1) is 9.15. The molecule has 0 unspecified atom stereocenters. The number of nitrogens with two attached hydrogens (primary N) is 1. The summed E-state index contributed by atoms with van der Waals surface area (Å²) < 4.78 is 0. The van der Waals surface area contributed by atoms with Gasteiger partial charge in [0.25, 0.3) is 0 Å². The predicted molar refractivity (Wildman–Crippen MR) is 58.3 cm³/mol. The number of nitrogens with zero attached hydrogens (tertiary/aromatic N) is 1. The number of aryl methyl sites for hydroxylation is 1. The summed E-state index contributed by atoms with van der Waals surface area (Å²) in [6.45, 7) is 1.94. The van der Waals surface area contributed by atoms with E-state index in [4.69, 9.17) is 5.73 Å². The summed E-state index contributed by atoms with van der Waals surface area (Å²) in [7, 11) is 0. The van der Waals surface area contributed by atoms with E-state index in [-0.39, 0.29) is 0 Å². The quantitative estimate of drug-likeness (QED) is 0.740. The highest BCUT2D eigenvalue weighted by Crippen LogP contribution is 2.26. The first-order valence-corrected chi connectivity index (χ1v) is 5.11. The molecule has 0 saturated carbocycles. The maximum Gasteiger partial charge on any atom is 0.103 e. The van der Waals surface area contributed by atoms with E-state index in [9.17, 15) is 0 Å². The first-order valence-electron chi connectivity index (χ1n) is 4.29. The molecular formula is C10H11N3S. The van der Waals surface area contributed by atoms with Gasteiger partial charge < -0.3 is 10.7 Å². The van der Waals surface area contributed by atoms with Crippen molar-refractivity contribution in [3.63, 3.8) is 0 Å². The first-order chi connectivity index (χ1) is 6.74. The molecule has 0 radical (unpaired) electrons. The molecule has 0 aliphatic heterocycles. The van der Waals surface area contributed by atoms with Crippen molar-refractivity contribution in [2.45, 2.75) is 16.8 Å². The van der Waals surface area contributed by atoms with E-state index >= 15 is 0 Å². The Kier molecular flexibility index (Phi) is 2.45. The van der Waals surface area contributed by atoms with Crippen LogP contribution < -0.4 is 5.73 Å². The maximum atomic E-state index is 5.59. The zero-order valence-electron chi connectivity index (χ0n) is 7.82. The number of rotatable bonds is 2. The average Bonchev–Trinajstić information content (AvgIpc) is 2.56. The van der Waals surface area contributed by atoms with Crippen LogP contribution in [0.4, 0.5) is 5.69 Å². The average molecular weight is 205 g/mol. The lowest BCUT2D eigenvalue weighted by Gasteiger charge is -1.98. The number of nitrogen functional groups attached to an aromatic ring is 1. The SMILES string of the molecule is Cc1ncc(Sc2ccc(N)cc2)[nH]1. The summed E-state index contributed by atoms with van der Waals surface area (Å²) >= 11 is 1.64. The minimum absolute atomic E-state index is 0.787. The number of aromatic amines is 1. The van der Waals surface area contributed by atoms with E-state index < -0.39 is 0 Å². The lowest BCUT2D eigenvalue weighted by Crippen LogP contribution is -1.82. The number of anilines is 1. The molecule has 0 fully saturated rings. The molecule has 0 spiro atoms. The van der Waals surface area contributed by atoms with Crippen LogP contribution in [-0.2, 0) is 0 Å². The van der Waals surface area contributed by atoms with Gasteiger partial charge in [-0.15, -0.1) is 0 Å². The van der Waals surface area contributed by atoms with Crippen LogP contribution in [0.2, 0.25) is 0 Å². The van der Waals surface area contributed by atoms with Gasteiger partial charge in [0.15, 0.2) is 0 Å². The molecule has 0 bridgehead atoms. The Bertz CT molecular complexity index is 419. The number of aromatic nitrogens is 2. The van der Waals surface area contributed by atoms with Crippen molar-refractivity contribution in [2.24, 2.45) is 0 Å². The number of H-pyrrole nitrogens is 1. The molecular weight excluding hydrogens is 194 g/mol. The Morgan fingerprint density at radius 1 is 1.29 bits per heavy atom. The summed E-state index contributed by atoms with van der Waals surface area (Å²) in [6.07, 6.45) is 1.83. The maximum absolute atomic E-state index is 5.59. The lowest BCUT2D eigenvalue weighted by atomic mass is 10.3. The van der Waals surface area contributed by atoms with E-state index in [0.29, 0.717) is 0 Å². The Balaban J connectivity index is 2.15. The summed E-state index contributed by atoms with van der Waals surface area (Å²) in [5.74, 6) is 0.933. The molecule has 0 aliphatic rings. The number of benzene rings is 1. The Labute approximate surface area is 86.7 Å². The fraction of sp³-hybridized carbons (Fsp3) is 0.100. The molecule has 0 amide bonds. The fourth-order valence-electron chi connectivity index (χ4n) is 1.11. The van der Waals surface area contributed by atoms with Crippen molar-refractivity contribution < 1.29 is 0 Å². The van der Waals surface area contributed by atoms with E-state index in [2.05, 4.69) is 9.97 Å². The third-order valence-electron chi connectivity index (χ3n) is 1.79. The number of hydrogen-bond acceptors (Lipinski definition) is 3. The highest BCUT2D eigenvalue weighted by molar-refractivity contribution is 7.99. The summed E-state index contributed by atoms with van der Waals surface area (Å²) in [5, 5.41) is 1.05. The zero-order valence-corrected chi connectivity index (χ0v) is 8.64. The van der Waals surface area contributed by atoms with E-state index in [1.807, 2.05) is 37.4 Å². The van der Waals surface area contributed by atoms with Crippen LogP contribution in [0.5, 0.6) is 0 Å². The molecule has 0 atom stereocenters. The molecule has 4 heteroatoms. The van der Waals surface area contributed by atoms with Crippen LogP contribution in [-0.4, -0.2) is 9.97 Å². The van der Waals surface area contributed by atoms with Gasteiger partial charge in [-0.05, 0) is 31.2 Å². The number of imidazole rings is 1. The van der Waals surface area contributed by atoms with Crippen LogP contribution >= 0.6 is 11.8 Å². The molecule has 1 aromatic carbocycles. The normalized spacial score (nSPS) is 10.4. The van der Waals surface area contributed by atoms with E-state index in [1.54, 1.807) is 11.8 Å². The van der Waals surface area contributed by atoms with Crippen molar-refractivity contribution in [1.29, 1.82) is 0 Å². The van der Waals surface area contributed by atoms with Gasteiger partial charge >= 0.3 is 0 Å². The van der Waals surface area contributed by atoms with Crippen LogP contribution in [0.25, 0.3) is 0 Å². The second kappa shape index (κ2) is 3.75. The smallest absolute Gasteiger partial charge is 0.103 e. The third kappa shape index (κ3) is 2.09. The van der Waals surface area contributed by atoms with Gasteiger partial charge in [-0.1, -0.05) is 11.8 Å². The molecule has 3 nitrogen and oxygen atoms in total. The summed E-state index contributed by atoms with van der Waals surface area (Å²) in [6, 6.07) is 7.78. The Hall–Kier alpha value is -1.42. The second-order valence-electron chi connectivity index (χ2n) is 3.00. The molecule has 2 rings (SSSR count). The van der Waals surface area contributed by atoms with Gasteiger partial charge in [0.05, 0.1) is 11.2 Å². The minimum Gasteiger partial charge on any atom is -0.399 e. The van der Waals surface area contributed by atoms with Gasteiger partial charge in [0.2, 0.25) is 0 Å². The van der Waals surface area contributed by atoms with Crippen molar-refractivity contribution >= 4 is 17.4 Å². The summed E-state index contributed by atoms with van der Waals surface area (Å²) in [5.41, 5.74) is 6.38. The fourth-order valence-corrected chi connectivity index (χ4v) is 1.94. The largest absolute Gasteiger partial charge is 0.399 e. The van der Waals surface area contributed by atoms with Crippen LogP contribution in [0, 0.1) is 6.92 Å². The second-order valence-corrected chi connectivity index (χ2v) is 4.12. The highest BCUT2D eigenvalue weighted by atomic mass is 32.2. The van der Waals surface area contributed by atoms with Gasteiger partial charge in [-0.2, -0.15) is 0 Å². The summed E-state index contributed by atoms with van der Waals surface area (Å²) in [4.78, 5) is 8.44. The topological polar surface area (TPSA) is 54.7 Å². The van der Waals surface area contributed by atoms with Crippen molar-refractivity contribution in [3.05, 3.63) is 36.3 Å². The molecule has 0 saturated heterocycles. The molecule has 1 heterocycles. The highest BCUT2D eigenvalue weighted by Gasteiger charge is 1.99. The Morgan fingerprint density at radius 3 is 2.57 bits per heavy atom. The minimum atomic E-state index is 0.787. The predicted octanol–water partition coefficient (Wildman–Crippen LogP) is 2.45. The van der Waals surface area contributed by atoms with Gasteiger partial charge in [-0.3, -0.25) is 0 Å². The zero-order chi connectivity index (χ0) is 9.97. The molecule has 3 N–H and O–H groups in total. The Morgan fingerprint density at radius 2 is 2.00 bits per heavy atom. The molecule has 72 valence electrons. The molecule has 2 aromatic rings. The molecule has 0 aliphatic carbocycles. The number of nitrogens with one attached hydrogen (secondary N) is 1.